The number of carbonyl (C=O) groups excluding carboxylic acids is 1. The number of carbonyl (C=O) groups is 2. The van der Waals surface area contributed by atoms with Crippen LogP contribution in [-0.2, 0) is 0 Å². The Labute approximate surface area is 73.6 Å². The lowest BCUT2D eigenvalue weighted by Crippen LogP contribution is -1.98. The largest absolute Gasteiger partial charge is 0.478 e. The Bertz CT molecular complexity index is 333. The predicted octanol–water partition coefficient (Wildman–Crippen LogP) is 1.85. The quantitative estimate of drug-likeness (QED) is 0.714. The van der Waals surface area contributed by atoms with E-state index in [0.29, 0.717) is 6.29 Å². The van der Waals surface area contributed by atoms with Gasteiger partial charge in [0.15, 0.2) is 6.29 Å². The molecule has 1 aromatic rings. The summed E-state index contributed by atoms with van der Waals surface area (Å²) in [5.74, 6) is -1.14. The van der Waals surface area contributed by atoms with Gasteiger partial charge < -0.3 is 5.11 Å². The number of aldehydes is 1. The summed E-state index contributed by atoms with van der Waals surface area (Å²) in [4.78, 5) is 20.8. The topological polar surface area (TPSA) is 54.4 Å². The van der Waals surface area contributed by atoms with Crippen molar-refractivity contribution in [2.75, 3.05) is 0 Å². The summed E-state index contributed by atoms with van der Waals surface area (Å²) < 4.78 is 0. The van der Waals surface area contributed by atoms with E-state index in [2.05, 4.69) is 0 Å². The van der Waals surface area contributed by atoms with Crippen LogP contribution < -0.4 is 0 Å². The molecule has 0 spiro atoms. The van der Waals surface area contributed by atoms with Crippen LogP contribution in [0.3, 0.4) is 0 Å². The molecule has 0 aliphatic rings. The van der Waals surface area contributed by atoms with E-state index in [1.807, 2.05) is 0 Å². The molecule has 0 fully saturated rings. The molecule has 1 rings (SSSR count). The third kappa shape index (κ3) is 1.46. The lowest BCUT2D eigenvalue weighted by atomic mass is 10.1. The zero-order valence-electron chi connectivity index (χ0n) is 5.95. The lowest BCUT2D eigenvalue weighted by Gasteiger charge is -1.99. The maximum absolute atomic E-state index is 10.5. The van der Waals surface area contributed by atoms with Gasteiger partial charge in [-0.3, -0.25) is 4.79 Å². The van der Waals surface area contributed by atoms with E-state index in [-0.39, 0.29) is 16.1 Å². The van der Waals surface area contributed by atoms with Gasteiger partial charge in [0.25, 0.3) is 0 Å². The second kappa shape index (κ2) is 3.36. The highest BCUT2D eigenvalue weighted by molar-refractivity contribution is 6.35. The smallest absolute Gasteiger partial charge is 0.337 e. The van der Waals surface area contributed by atoms with Gasteiger partial charge in [-0.15, -0.1) is 0 Å². The molecule has 0 bridgehead atoms. The summed E-state index contributed by atoms with van der Waals surface area (Å²) in [6.07, 6.45) is 0.523. The van der Waals surface area contributed by atoms with E-state index in [9.17, 15) is 9.59 Å². The molecule has 62 valence electrons. The fraction of sp³-hybridized carbons (Fsp3) is 0. The van der Waals surface area contributed by atoms with E-state index in [1.54, 1.807) is 0 Å². The van der Waals surface area contributed by atoms with Crippen LogP contribution in [0.1, 0.15) is 20.7 Å². The monoisotopic (exact) mass is 184 g/mol. The fourth-order valence-corrected chi connectivity index (χ4v) is 1.06. The Morgan fingerprint density at radius 2 is 2.17 bits per heavy atom. The summed E-state index contributed by atoms with van der Waals surface area (Å²) in [5, 5.41) is 8.57. The van der Waals surface area contributed by atoms with Crippen molar-refractivity contribution in [3.63, 3.8) is 0 Å². The van der Waals surface area contributed by atoms with E-state index in [1.165, 1.54) is 18.2 Å². The van der Waals surface area contributed by atoms with Crippen molar-refractivity contribution in [3.05, 3.63) is 34.3 Å². The van der Waals surface area contributed by atoms with Crippen molar-refractivity contribution in [2.24, 2.45) is 0 Å². The Kier molecular flexibility index (Phi) is 2.45. The minimum atomic E-state index is -1.14. The van der Waals surface area contributed by atoms with Crippen molar-refractivity contribution in [3.8, 4) is 0 Å². The molecule has 0 amide bonds. The molecule has 0 saturated heterocycles. The predicted molar refractivity (Wildman–Crippen MR) is 43.8 cm³/mol. The van der Waals surface area contributed by atoms with Crippen molar-refractivity contribution < 1.29 is 14.7 Å². The first-order valence-electron chi connectivity index (χ1n) is 3.14. The van der Waals surface area contributed by atoms with Crippen LogP contribution in [0.25, 0.3) is 0 Å². The number of carboxylic acids is 1. The maximum atomic E-state index is 10.5. The van der Waals surface area contributed by atoms with Gasteiger partial charge in [-0.05, 0) is 6.07 Å². The first-order chi connectivity index (χ1) is 5.66. The molecule has 3 nitrogen and oxygen atoms in total. The van der Waals surface area contributed by atoms with Gasteiger partial charge in [-0.1, -0.05) is 23.7 Å². The molecule has 4 heteroatoms. The van der Waals surface area contributed by atoms with Gasteiger partial charge >= 0.3 is 5.97 Å². The third-order valence-electron chi connectivity index (χ3n) is 1.39. The molecule has 0 aliphatic carbocycles. The zero-order chi connectivity index (χ0) is 9.14. The van der Waals surface area contributed by atoms with Crippen LogP contribution in [0.2, 0.25) is 5.02 Å². The van der Waals surface area contributed by atoms with Gasteiger partial charge in [-0.2, -0.15) is 0 Å². The van der Waals surface area contributed by atoms with Gasteiger partial charge in [-0.25, -0.2) is 4.79 Å². The maximum Gasteiger partial charge on any atom is 0.337 e. The standard InChI is InChI=1S/C8H5ClO3/c9-7-5(4-10)2-1-3-6(7)8(11)12/h1-4H,(H,11,12). The van der Waals surface area contributed by atoms with Crippen LogP contribution in [-0.4, -0.2) is 17.4 Å². The highest BCUT2D eigenvalue weighted by Crippen LogP contribution is 2.19. The molecule has 12 heavy (non-hydrogen) atoms. The number of benzene rings is 1. The van der Waals surface area contributed by atoms with E-state index >= 15 is 0 Å². The van der Waals surface area contributed by atoms with Gasteiger partial charge in [0.2, 0.25) is 0 Å². The van der Waals surface area contributed by atoms with Crippen LogP contribution in [0.15, 0.2) is 18.2 Å². The van der Waals surface area contributed by atoms with Crippen LogP contribution >= 0.6 is 11.6 Å². The van der Waals surface area contributed by atoms with Gasteiger partial charge in [0, 0.05) is 5.56 Å². The van der Waals surface area contributed by atoms with Gasteiger partial charge in [0.1, 0.15) is 0 Å². The van der Waals surface area contributed by atoms with Crippen LogP contribution in [0, 0.1) is 0 Å². The average Bonchev–Trinajstić information content (AvgIpc) is 2.04. The van der Waals surface area contributed by atoms with E-state index in [4.69, 9.17) is 16.7 Å². The highest BCUT2D eigenvalue weighted by Gasteiger charge is 2.10. The normalized spacial score (nSPS) is 9.42. The Morgan fingerprint density at radius 1 is 1.50 bits per heavy atom. The molecule has 0 saturated carbocycles. The molecular weight excluding hydrogens is 180 g/mol. The van der Waals surface area contributed by atoms with Crippen molar-refractivity contribution in [2.45, 2.75) is 0 Å². The van der Waals surface area contributed by atoms with Crippen molar-refractivity contribution in [1.82, 2.24) is 0 Å². The molecular formula is C8H5ClO3. The lowest BCUT2D eigenvalue weighted by molar-refractivity contribution is 0.0697. The average molecular weight is 185 g/mol. The molecule has 0 aliphatic heterocycles. The minimum Gasteiger partial charge on any atom is -0.478 e. The molecule has 1 N–H and O–H groups in total. The van der Waals surface area contributed by atoms with Crippen LogP contribution in [0.5, 0.6) is 0 Å². The number of hydrogen-bond donors (Lipinski definition) is 1. The summed E-state index contributed by atoms with van der Waals surface area (Å²) in [6, 6.07) is 4.28. The van der Waals surface area contributed by atoms with E-state index in [0.717, 1.165) is 0 Å². The first-order valence-corrected chi connectivity index (χ1v) is 3.51. The number of carboxylic acid groups (broad SMARTS) is 1. The highest BCUT2D eigenvalue weighted by atomic mass is 35.5. The van der Waals surface area contributed by atoms with Gasteiger partial charge in [0.05, 0.1) is 10.6 Å². The Balaban J connectivity index is 3.32. The molecule has 0 aromatic heterocycles. The SMILES string of the molecule is O=Cc1cccc(C(=O)O)c1Cl. The second-order valence-electron chi connectivity index (χ2n) is 2.13. The molecule has 0 heterocycles. The molecule has 0 unspecified atom stereocenters. The van der Waals surface area contributed by atoms with E-state index < -0.39 is 5.97 Å². The number of aromatic carboxylic acids is 1. The summed E-state index contributed by atoms with van der Waals surface area (Å²) in [6.45, 7) is 0. The minimum absolute atomic E-state index is 0.0139. The molecule has 0 atom stereocenters. The number of hydrogen-bond acceptors (Lipinski definition) is 2. The Hall–Kier alpha value is -1.35. The van der Waals surface area contributed by atoms with Crippen LogP contribution in [0.4, 0.5) is 0 Å². The summed E-state index contributed by atoms with van der Waals surface area (Å²) in [5.41, 5.74) is 0.137. The van der Waals surface area contributed by atoms with Crippen molar-refractivity contribution in [1.29, 1.82) is 0 Å². The van der Waals surface area contributed by atoms with Crippen molar-refractivity contribution >= 4 is 23.9 Å². The number of halogens is 1. The third-order valence-corrected chi connectivity index (χ3v) is 1.81. The first kappa shape index (κ1) is 8.74. The molecule has 0 radical (unpaired) electrons. The second-order valence-corrected chi connectivity index (χ2v) is 2.51. The molecule has 1 aromatic carbocycles. The zero-order valence-corrected chi connectivity index (χ0v) is 6.71. The fourth-order valence-electron chi connectivity index (χ4n) is 0.806. The number of rotatable bonds is 2. The Morgan fingerprint density at radius 3 is 2.67 bits per heavy atom. The summed E-state index contributed by atoms with van der Waals surface area (Å²) in [7, 11) is 0. The summed E-state index contributed by atoms with van der Waals surface area (Å²) >= 11 is 5.59.